The molecular formula is C24H24N6O. The summed E-state index contributed by atoms with van der Waals surface area (Å²) in [5.74, 6) is 0.782. The van der Waals surface area contributed by atoms with E-state index in [0.29, 0.717) is 29.6 Å². The summed E-state index contributed by atoms with van der Waals surface area (Å²) >= 11 is 0. The number of pyridine rings is 1. The maximum atomic E-state index is 13.4. The second-order valence-corrected chi connectivity index (χ2v) is 8.72. The molecule has 31 heavy (non-hydrogen) atoms. The fourth-order valence-corrected chi connectivity index (χ4v) is 4.19. The Morgan fingerprint density at radius 2 is 1.90 bits per heavy atom. The summed E-state index contributed by atoms with van der Waals surface area (Å²) in [5, 5.41) is 13.1. The van der Waals surface area contributed by atoms with Gasteiger partial charge in [0.15, 0.2) is 5.65 Å². The third kappa shape index (κ3) is 3.50. The molecule has 0 radical (unpaired) electrons. The van der Waals surface area contributed by atoms with Crippen molar-refractivity contribution in [3.8, 4) is 0 Å². The number of amides is 1. The molecule has 0 bridgehead atoms. The van der Waals surface area contributed by atoms with Crippen molar-refractivity contribution in [3.63, 3.8) is 0 Å². The van der Waals surface area contributed by atoms with E-state index in [1.807, 2.05) is 46.9 Å². The van der Waals surface area contributed by atoms with Crippen LogP contribution in [0, 0.1) is 0 Å². The molecule has 0 spiro atoms. The second kappa shape index (κ2) is 7.04. The molecule has 3 heterocycles. The van der Waals surface area contributed by atoms with Crippen LogP contribution in [-0.2, 0) is 13.6 Å². The summed E-state index contributed by atoms with van der Waals surface area (Å²) in [6.45, 7) is 0.663. The Kier molecular flexibility index (Phi) is 4.16. The van der Waals surface area contributed by atoms with Gasteiger partial charge >= 0.3 is 0 Å². The molecule has 3 aromatic heterocycles. The van der Waals surface area contributed by atoms with Crippen molar-refractivity contribution in [2.24, 2.45) is 7.05 Å². The first-order valence-corrected chi connectivity index (χ1v) is 10.9. The van der Waals surface area contributed by atoms with Gasteiger partial charge in [-0.15, -0.1) is 0 Å². The summed E-state index contributed by atoms with van der Waals surface area (Å²) in [6.07, 6.45) is 8.11. The number of carbonyl (C=O) groups is 1. The van der Waals surface area contributed by atoms with Crippen LogP contribution in [0.15, 0.2) is 48.8 Å². The van der Waals surface area contributed by atoms with E-state index in [2.05, 4.69) is 22.5 Å². The Balaban J connectivity index is 1.32. The van der Waals surface area contributed by atoms with E-state index < -0.39 is 0 Å². The van der Waals surface area contributed by atoms with Gasteiger partial charge in [0.2, 0.25) is 0 Å². The second-order valence-electron chi connectivity index (χ2n) is 8.72. The van der Waals surface area contributed by atoms with Crippen LogP contribution in [0.5, 0.6) is 0 Å². The Hall–Kier alpha value is -3.48. The topological polar surface area (TPSA) is 77.6 Å². The zero-order valence-corrected chi connectivity index (χ0v) is 17.5. The summed E-state index contributed by atoms with van der Waals surface area (Å²) in [7, 11) is 1.92. The van der Waals surface area contributed by atoms with Gasteiger partial charge in [-0.2, -0.15) is 10.2 Å². The lowest BCUT2D eigenvalue weighted by molar-refractivity contribution is 0.102. The van der Waals surface area contributed by atoms with Crippen molar-refractivity contribution in [1.29, 1.82) is 0 Å². The summed E-state index contributed by atoms with van der Waals surface area (Å²) in [4.78, 5) is 18.3. The van der Waals surface area contributed by atoms with Crippen LogP contribution < -0.4 is 5.32 Å². The first-order valence-electron chi connectivity index (χ1n) is 10.9. The van der Waals surface area contributed by atoms with Crippen molar-refractivity contribution in [3.05, 3.63) is 71.3 Å². The highest BCUT2D eigenvalue weighted by atomic mass is 16.1. The van der Waals surface area contributed by atoms with Crippen LogP contribution in [0.4, 0.5) is 5.69 Å². The van der Waals surface area contributed by atoms with Crippen LogP contribution in [0.2, 0.25) is 0 Å². The van der Waals surface area contributed by atoms with Crippen molar-refractivity contribution < 1.29 is 4.79 Å². The van der Waals surface area contributed by atoms with E-state index in [4.69, 9.17) is 10.1 Å². The minimum Gasteiger partial charge on any atom is -0.319 e. The quantitative estimate of drug-likeness (QED) is 0.514. The number of anilines is 1. The molecule has 7 heteroatoms. The molecule has 2 aliphatic carbocycles. The molecule has 0 unspecified atom stereocenters. The predicted octanol–water partition coefficient (Wildman–Crippen LogP) is 4.22. The molecule has 2 aliphatic rings. The van der Waals surface area contributed by atoms with Crippen molar-refractivity contribution in [2.45, 2.75) is 44.1 Å². The van der Waals surface area contributed by atoms with Crippen molar-refractivity contribution >= 4 is 22.6 Å². The molecule has 0 aliphatic heterocycles. The van der Waals surface area contributed by atoms with Crippen LogP contribution in [-0.4, -0.2) is 30.5 Å². The number of fused-ring (bicyclic) bond motifs is 1. The van der Waals surface area contributed by atoms with Gasteiger partial charge < -0.3 is 5.32 Å². The first-order chi connectivity index (χ1) is 15.2. The number of nitrogens with zero attached hydrogens (tertiary/aromatic N) is 5. The fourth-order valence-electron chi connectivity index (χ4n) is 4.19. The average Bonchev–Trinajstić information content (AvgIpc) is 3.71. The molecule has 0 saturated heterocycles. The average molecular weight is 412 g/mol. The van der Waals surface area contributed by atoms with Gasteiger partial charge in [0.1, 0.15) is 0 Å². The number of hydrogen-bond acceptors (Lipinski definition) is 4. The normalized spacial score (nSPS) is 16.0. The van der Waals surface area contributed by atoms with E-state index in [9.17, 15) is 4.79 Å². The standard InChI is InChI=1S/C24H24N6O/c1-29-23-21(22(28-29)17-9-10-17)19(11-20(27-23)16-7-8-16)24(31)26-18-12-25-30(14-18)13-15-5-3-2-4-6-15/h2-6,11-12,14,16-17H,7-10,13H2,1H3,(H,26,31). The molecule has 6 rings (SSSR count). The number of carbonyl (C=O) groups excluding carboxylic acids is 1. The zero-order chi connectivity index (χ0) is 20.9. The van der Waals surface area contributed by atoms with E-state index in [-0.39, 0.29) is 5.91 Å². The Labute approximate surface area is 180 Å². The molecule has 156 valence electrons. The van der Waals surface area contributed by atoms with Gasteiger partial charge in [-0.25, -0.2) is 4.98 Å². The van der Waals surface area contributed by atoms with Crippen molar-refractivity contribution in [2.75, 3.05) is 5.32 Å². The molecule has 2 fully saturated rings. The minimum atomic E-state index is -0.122. The molecule has 1 aromatic carbocycles. The highest BCUT2D eigenvalue weighted by molar-refractivity contribution is 6.12. The maximum Gasteiger partial charge on any atom is 0.256 e. The third-order valence-corrected chi connectivity index (χ3v) is 6.12. The van der Waals surface area contributed by atoms with Crippen LogP contribution >= 0.6 is 0 Å². The lowest BCUT2D eigenvalue weighted by Gasteiger charge is -2.08. The maximum absolute atomic E-state index is 13.4. The smallest absolute Gasteiger partial charge is 0.256 e. The first kappa shape index (κ1) is 18.3. The largest absolute Gasteiger partial charge is 0.319 e. The summed E-state index contributed by atoms with van der Waals surface area (Å²) < 4.78 is 3.67. The highest BCUT2D eigenvalue weighted by Gasteiger charge is 2.33. The van der Waals surface area contributed by atoms with E-state index >= 15 is 0 Å². The van der Waals surface area contributed by atoms with Gasteiger partial charge in [0.05, 0.1) is 35.1 Å². The number of aryl methyl sites for hydroxylation is 1. The molecule has 1 N–H and O–H groups in total. The van der Waals surface area contributed by atoms with E-state index in [1.165, 1.54) is 0 Å². The number of aromatic nitrogens is 5. The monoisotopic (exact) mass is 412 g/mol. The minimum absolute atomic E-state index is 0.122. The van der Waals surface area contributed by atoms with Gasteiger partial charge in [-0.3, -0.25) is 14.2 Å². The Bertz CT molecular complexity index is 1280. The van der Waals surface area contributed by atoms with E-state index in [1.54, 1.807) is 6.20 Å². The summed E-state index contributed by atoms with van der Waals surface area (Å²) in [6, 6.07) is 12.1. The van der Waals surface area contributed by atoms with Gasteiger partial charge in [-0.1, -0.05) is 30.3 Å². The van der Waals surface area contributed by atoms with Crippen LogP contribution in [0.1, 0.15) is 64.8 Å². The highest BCUT2D eigenvalue weighted by Crippen LogP contribution is 2.45. The SMILES string of the molecule is Cn1nc(C2CC2)c2c(C(=O)Nc3cnn(Cc4ccccc4)c3)cc(C3CC3)nc21. The van der Waals surface area contributed by atoms with Crippen LogP contribution in [0.3, 0.4) is 0 Å². The molecular weight excluding hydrogens is 388 g/mol. The van der Waals surface area contributed by atoms with Crippen LogP contribution in [0.25, 0.3) is 11.0 Å². The summed E-state index contributed by atoms with van der Waals surface area (Å²) in [5.41, 5.74) is 5.36. The lowest BCUT2D eigenvalue weighted by atomic mass is 10.0. The third-order valence-electron chi connectivity index (χ3n) is 6.12. The number of rotatable bonds is 6. The fraction of sp³-hybridized carbons (Fsp3) is 0.333. The Morgan fingerprint density at radius 1 is 1.13 bits per heavy atom. The molecule has 0 atom stereocenters. The molecule has 2 saturated carbocycles. The number of nitrogens with one attached hydrogen (secondary N) is 1. The number of hydrogen-bond donors (Lipinski definition) is 1. The lowest BCUT2D eigenvalue weighted by Crippen LogP contribution is -2.13. The molecule has 7 nitrogen and oxygen atoms in total. The molecule has 4 aromatic rings. The number of benzene rings is 1. The molecule has 1 amide bonds. The Morgan fingerprint density at radius 3 is 2.65 bits per heavy atom. The zero-order valence-electron chi connectivity index (χ0n) is 17.5. The predicted molar refractivity (Wildman–Crippen MR) is 118 cm³/mol. The van der Waals surface area contributed by atoms with Gasteiger partial charge in [0, 0.05) is 30.8 Å². The van der Waals surface area contributed by atoms with Gasteiger partial charge in [0.25, 0.3) is 5.91 Å². The van der Waals surface area contributed by atoms with Crippen molar-refractivity contribution in [1.82, 2.24) is 24.5 Å². The van der Waals surface area contributed by atoms with E-state index in [0.717, 1.165) is 53.7 Å². The van der Waals surface area contributed by atoms with Gasteiger partial charge in [-0.05, 0) is 37.3 Å².